The second kappa shape index (κ2) is 45.5. The predicted molar refractivity (Wildman–Crippen MR) is 238 cm³/mol. The van der Waals surface area contributed by atoms with E-state index in [1.54, 1.807) is 0 Å². The van der Waals surface area contributed by atoms with Crippen LogP contribution in [0.5, 0.6) is 0 Å². The van der Waals surface area contributed by atoms with E-state index in [9.17, 15) is 5.11 Å². The predicted octanol–water partition coefficient (Wildman–Crippen LogP) is 16.3. The van der Waals surface area contributed by atoms with Crippen molar-refractivity contribution in [3.05, 3.63) is 0 Å². The summed E-state index contributed by atoms with van der Waals surface area (Å²) in [4.78, 5) is 0. The van der Waals surface area contributed by atoms with Crippen molar-refractivity contribution in [2.45, 2.75) is 321 Å². The average molecular weight is 767 g/mol. The quantitative estimate of drug-likeness (QED) is 0.0367. The van der Waals surface area contributed by atoms with E-state index >= 15 is 0 Å². The monoisotopic (exact) mass is 767 g/mol. The molecule has 4 heteroatoms. The van der Waals surface area contributed by atoms with Gasteiger partial charge in [0.1, 0.15) is 6.10 Å². The van der Waals surface area contributed by atoms with E-state index in [1.807, 2.05) is 0 Å². The lowest BCUT2D eigenvalue weighted by atomic mass is 10.0. The molecule has 4 N–H and O–H groups in total. The van der Waals surface area contributed by atoms with Crippen LogP contribution in [0.15, 0.2) is 0 Å². The van der Waals surface area contributed by atoms with Gasteiger partial charge in [-0.25, -0.2) is 0 Å². The third kappa shape index (κ3) is 46.2. The summed E-state index contributed by atoms with van der Waals surface area (Å²) in [6.45, 7) is 2.31. The molecule has 0 aliphatic rings. The highest BCUT2D eigenvalue weighted by Crippen LogP contribution is 2.19. The van der Waals surface area contributed by atoms with Gasteiger partial charge in [0, 0.05) is 0 Å². The Labute approximate surface area is 340 Å². The summed E-state index contributed by atoms with van der Waals surface area (Å²) < 4.78 is 0. The van der Waals surface area contributed by atoms with Crippen LogP contribution in [0.1, 0.15) is 309 Å². The zero-order valence-corrected chi connectivity index (χ0v) is 37.1. The van der Waals surface area contributed by atoms with Crippen molar-refractivity contribution in [1.29, 1.82) is 0 Å². The Bertz CT molecular complexity index is 661. The van der Waals surface area contributed by atoms with E-state index in [2.05, 4.69) is 6.92 Å². The Morgan fingerprint density at radius 2 is 0.370 bits per heavy atom. The molecule has 326 valence electrons. The van der Waals surface area contributed by atoms with Gasteiger partial charge < -0.3 is 20.4 Å². The van der Waals surface area contributed by atoms with Crippen molar-refractivity contribution in [1.82, 2.24) is 0 Å². The van der Waals surface area contributed by atoms with Crippen LogP contribution in [0.25, 0.3) is 0 Å². The molecule has 0 bridgehead atoms. The highest BCUT2D eigenvalue weighted by molar-refractivity contribution is 4.63. The van der Waals surface area contributed by atoms with Crippen LogP contribution in [0.2, 0.25) is 0 Å². The fourth-order valence-corrected chi connectivity index (χ4v) is 8.38. The molecule has 0 fully saturated rings. The van der Waals surface area contributed by atoms with E-state index in [1.165, 1.54) is 276 Å². The molecule has 1 unspecified atom stereocenters. The number of rotatable bonds is 48. The molecule has 0 saturated heterocycles. The normalized spacial score (nSPS) is 12.6. The Balaban J connectivity index is 3.08. The Morgan fingerprint density at radius 3 is 0.500 bits per heavy atom. The number of aliphatic hydroxyl groups is 4. The zero-order valence-electron chi connectivity index (χ0n) is 37.1. The van der Waals surface area contributed by atoms with E-state index in [4.69, 9.17) is 15.3 Å². The highest BCUT2D eigenvalue weighted by Gasteiger charge is 2.29. The van der Waals surface area contributed by atoms with Crippen LogP contribution in [-0.4, -0.2) is 32.5 Å². The topological polar surface area (TPSA) is 80.9 Å². The van der Waals surface area contributed by atoms with Gasteiger partial charge in [0.2, 0.25) is 0 Å². The molecule has 0 aromatic carbocycles. The van der Waals surface area contributed by atoms with Gasteiger partial charge in [-0.3, -0.25) is 0 Å². The van der Waals surface area contributed by atoms with Crippen LogP contribution < -0.4 is 0 Å². The fourth-order valence-electron chi connectivity index (χ4n) is 8.38. The number of aliphatic hydroxyl groups excluding tert-OH is 1. The first-order valence-electron chi connectivity index (χ1n) is 25.3. The first kappa shape index (κ1) is 53.8. The Hall–Kier alpha value is -0.160. The number of hydrogen-bond donors (Lipinski definition) is 4. The maximum atomic E-state index is 9.38. The first-order chi connectivity index (χ1) is 26.5. The smallest absolute Gasteiger partial charge is 0.302 e. The van der Waals surface area contributed by atoms with Gasteiger partial charge in [-0.15, -0.1) is 0 Å². The molecular formula is C50H102O4. The molecule has 0 saturated carbocycles. The summed E-state index contributed by atoms with van der Waals surface area (Å²) in [5, 5.41) is 36.1. The van der Waals surface area contributed by atoms with Crippen molar-refractivity contribution in [2.75, 3.05) is 0 Å². The summed E-state index contributed by atoms with van der Waals surface area (Å²) in [5.74, 6) is -2.96. The molecule has 54 heavy (non-hydrogen) atoms. The highest BCUT2D eigenvalue weighted by atomic mass is 16.7. The molecule has 0 radical (unpaired) electrons. The van der Waals surface area contributed by atoms with Crippen molar-refractivity contribution < 1.29 is 20.4 Å². The van der Waals surface area contributed by atoms with Crippen LogP contribution in [0.4, 0.5) is 0 Å². The first-order valence-corrected chi connectivity index (χ1v) is 25.3. The van der Waals surface area contributed by atoms with Crippen LogP contribution >= 0.6 is 0 Å². The summed E-state index contributed by atoms with van der Waals surface area (Å²) in [6.07, 6.45) is 63.7. The third-order valence-corrected chi connectivity index (χ3v) is 12.3. The second-order valence-electron chi connectivity index (χ2n) is 17.9. The minimum atomic E-state index is -2.96. The maximum Gasteiger partial charge on any atom is 0.302 e. The molecular weight excluding hydrogens is 665 g/mol. The molecule has 0 aliphatic heterocycles. The van der Waals surface area contributed by atoms with Gasteiger partial charge in [0.05, 0.1) is 0 Å². The van der Waals surface area contributed by atoms with E-state index in [0.717, 1.165) is 12.8 Å². The fraction of sp³-hybridized carbons (Fsp3) is 1.00. The average Bonchev–Trinajstić information content (AvgIpc) is 3.15. The van der Waals surface area contributed by atoms with E-state index in [-0.39, 0.29) is 6.42 Å². The summed E-state index contributed by atoms with van der Waals surface area (Å²) in [7, 11) is 0. The Morgan fingerprint density at radius 1 is 0.241 bits per heavy atom. The van der Waals surface area contributed by atoms with Gasteiger partial charge in [0.25, 0.3) is 0 Å². The molecule has 4 nitrogen and oxygen atoms in total. The zero-order chi connectivity index (χ0) is 39.3. The van der Waals surface area contributed by atoms with Gasteiger partial charge in [0.15, 0.2) is 0 Å². The van der Waals surface area contributed by atoms with Gasteiger partial charge in [-0.05, 0) is 6.42 Å². The Kier molecular flexibility index (Phi) is 45.4. The van der Waals surface area contributed by atoms with E-state index in [0.29, 0.717) is 6.42 Å². The minimum absolute atomic E-state index is 0.225. The number of unbranched alkanes of at least 4 members (excludes halogenated alkanes) is 45. The minimum Gasteiger partial charge on any atom is -0.385 e. The van der Waals surface area contributed by atoms with Crippen LogP contribution in [0.3, 0.4) is 0 Å². The van der Waals surface area contributed by atoms with Crippen molar-refractivity contribution in [2.24, 2.45) is 0 Å². The number of hydrogen-bond acceptors (Lipinski definition) is 4. The molecule has 0 aliphatic carbocycles. The SMILES string of the molecule is CCCCCCCCCCCCCCCCCCCCCCCCCCCCCCCCCCCCCCCCCCCCCCCCC(O)C(O)(O)O. The van der Waals surface area contributed by atoms with Gasteiger partial charge in [-0.1, -0.05) is 302 Å². The van der Waals surface area contributed by atoms with Crippen molar-refractivity contribution >= 4 is 0 Å². The van der Waals surface area contributed by atoms with E-state index < -0.39 is 12.1 Å². The van der Waals surface area contributed by atoms with Crippen LogP contribution in [-0.2, 0) is 0 Å². The molecule has 0 heterocycles. The third-order valence-electron chi connectivity index (χ3n) is 12.3. The lowest BCUT2D eigenvalue weighted by Crippen LogP contribution is -2.41. The summed E-state index contributed by atoms with van der Waals surface area (Å²) in [6, 6.07) is 0. The maximum absolute atomic E-state index is 9.38. The van der Waals surface area contributed by atoms with Crippen LogP contribution in [0, 0.1) is 0 Å². The molecule has 0 spiro atoms. The summed E-state index contributed by atoms with van der Waals surface area (Å²) in [5.41, 5.74) is 0. The lowest BCUT2D eigenvalue weighted by Gasteiger charge is -2.20. The van der Waals surface area contributed by atoms with Gasteiger partial charge >= 0.3 is 5.97 Å². The molecule has 0 rings (SSSR count). The molecule has 0 aromatic heterocycles. The standard InChI is InChI=1S/C50H102O4/c1-2-3-4-5-6-7-8-9-10-11-12-13-14-15-16-17-18-19-20-21-22-23-24-25-26-27-28-29-30-31-32-33-34-35-36-37-38-39-40-41-42-43-44-45-46-47-48-49(51)50(52,53)54/h49,51-54H,2-48H2,1H3. The molecule has 1 atom stereocenters. The van der Waals surface area contributed by atoms with Gasteiger partial charge in [-0.2, -0.15) is 0 Å². The largest absolute Gasteiger partial charge is 0.385 e. The summed E-state index contributed by atoms with van der Waals surface area (Å²) >= 11 is 0. The van der Waals surface area contributed by atoms with Crippen molar-refractivity contribution in [3.63, 3.8) is 0 Å². The van der Waals surface area contributed by atoms with Crippen molar-refractivity contribution in [3.8, 4) is 0 Å². The lowest BCUT2D eigenvalue weighted by molar-refractivity contribution is -0.355. The molecule has 0 amide bonds. The second-order valence-corrected chi connectivity index (χ2v) is 17.9. The molecule has 0 aromatic rings.